The number of carbonyl (C=O) groups excluding carboxylic acids is 1. The quantitative estimate of drug-likeness (QED) is 0.630. The first-order chi connectivity index (χ1) is 10.0. The highest BCUT2D eigenvalue weighted by atomic mass is 79.9. The first-order valence-electron chi connectivity index (χ1n) is 6.18. The maximum atomic E-state index is 11.9. The van der Waals surface area contributed by atoms with Crippen LogP contribution in [0.4, 0.5) is 5.69 Å². The van der Waals surface area contributed by atoms with Crippen LogP contribution in [-0.2, 0) is 4.79 Å². The van der Waals surface area contributed by atoms with E-state index >= 15 is 0 Å². The number of amides is 1. The molecule has 0 radical (unpaired) electrons. The summed E-state index contributed by atoms with van der Waals surface area (Å²) < 4.78 is 0.806. The molecule has 0 fully saturated rings. The van der Waals surface area contributed by atoms with Crippen LogP contribution in [0.15, 0.2) is 51.8 Å². The fourth-order valence-corrected chi connectivity index (χ4v) is 2.99. The summed E-state index contributed by atoms with van der Waals surface area (Å²) in [4.78, 5) is 12.9. The molecular formula is C15H12BrCl2NOS. The van der Waals surface area contributed by atoms with E-state index in [-0.39, 0.29) is 5.91 Å². The summed E-state index contributed by atoms with van der Waals surface area (Å²) in [5.41, 5.74) is 0.699. The molecule has 0 spiro atoms. The topological polar surface area (TPSA) is 29.1 Å². The lowest BCUT2D eigenvalue weighted by Crippen LogP contribution is -2.12. The third-order valence-corrected chi connectivity index (χ3v) is 5.11. The van der Waals surface area contributed by atoms with Gasteiger partial charge in [0.1, 0.15) is 0 Å². The summed E-state index contributed by atoms with van der Waals surface area (Å²) in [6.07, 6.45) is 0.432. The average Bonchev–Trinajstić information content (AvgIpc) is 2.45. The number of carbonyl (C=O) groups is 1. The van der Waals surface area contributed by atoms with Gasteiger partial charge in [-0.25, -0.2) is 0 Å². The molecule has 0 saturated carbocycles. The van der Waals surface area contributed by atoms with E-state index in [1.54, 1.807) is 30.0 Å². The minimum atomic E-state index is -0.0325. The van der Waals surface area contributed by atoms with Gasteiger partial charge in [0.15, 0.2) is 0 Å². The van der Waals surface area contributed by atoms with Gasteiger partial charge >= 0.3 is 0 Å². The number of halogens is 3. The molecular weight excluding hydrogens is 393 g/mol. The molecule has 2 aromatic rings. The molecule has 6 heteroatoms. The second kappa shape index (κ2) is 8.08. The van der Waals surface area contributed by atoms with E-state index in [1.165, 1.54) is 0 Å². The van der Waals surface area contributed by atoms with Gasteiger partial charge < -0.3 is 5.32 Å². The van der Waals surface area contributed by atoms with E-state index in [9.17, 15) is 4.79 Å². The molecule has 0 aromatic heterocycles. The Morgan fingerprint density at radius 1 is 1.14 bits per heavy atom. The van der Waals surface area contributed by atoms with Gasteiger partial charge in [0, 0.05) is 32.3 Å². The second-order valence-electron chi connectivity index (χ2n) is 4.23. The average molecular weight is 405 g/mol. The van der Waals surface area contributed by atoms with Crippen molar-refractivity contribution < 1.29 is 4.79 Å². The van der Waals surface area contributed by atoms with E-state index in [2.05, 4.69) is 21.2 Å². The fourth-order valence-electron chi connectivity index (χ4n) is 1.59. The standard InChI is InChI=1S/C15H12BrCl2NOS/c16-13-6-3-11(9-14(13)18)19-15(20)7-8-21-12-4-1-10(17)2-5-12/h1-6,9H,7-8H2,(H,19,20). The molecule has 2 nitrogen and oxygen atoms in total. The van der Waals surface area contributed by atoms with Gasteiger partial charge in [0.05, 0.1) is 5.02 Å². The van der Waals surface area contributed by atoms with Crippen LogP contribution in [0.1, 0.15) is 6.42 Å². The lowest BCUT2D eigenvalue weighted by atomic mass is 10.3. The van der Waals surface area contributed by atoms with Gasteiger partial charge in [-0.15, -0.1) is 11.8 Å². The van der Waals surface area contributed by atoms with Gasteiger partial charge in [-0.2, -0.15) is 0 Å². The van der Waals surface area contributed by atoms with Crippen LogP contribution >= 0.6 is 50.9 Å². The van der Waals surface area contributed by atoms with Crippen molar-refractivity contribution in [1.82, 2.24) is 0 Å². The Bertz CT molecular complexity index is 634. The van der Waals surface area contributed by atoms with Crippen molar-refractivity contribution in [3.05, 3.63) is 57.0 Å². The van der Waals surface area contributed by atoms with Crippen molar-refractivity contribution in [2.75, 3.05) is 11.1 Å². The van der Waals surface area contributed by atoms with E-state index in [1.807, 2.05) is 24.3 Å². The number of hydrogen-bond acceptors (Lipinski definition) is 2. The Hall–Kier alpha value is -0.680. The van der Waals surface area contributed by atoms with Crippen LogP contribution in [0, 0.1) is 0 Å². The van der Waals surface area contributed by atoms with Crippen molar-refractivity contribution >= 4 is 62.5 Å². The third-order valence-electron chi connectivity index (χ3n) is 2.61. The Kier molecular flexibility index (Phi) is 6.42. The molecule has 0 aliphatic heterocycles. The maximum Gasteiger partial charge on any atom is 0.225 e. The van der Waals surface area contributed by atoms with Crippen LogP contribution in [-0.4, -0.2) is 11.7 Å². The van der Waals surface area contributed by atoms with Crippen molar-refractivity contribution in [3.63, 3.8) is 0 Å². The predicted molar refractivity (Wildman–Crippen MR) is 94.6 cm³/mol. The maximum absolute atomic E-state index is 11.9. The molecule has 110 valence electrons. The number of anilines is 1. The zero-order chi connectivity index (χ0) is 15.2. The Morgan fingerprint density at radius 2 is 1.86 bits per heavy atom. The van der Waals surface area contributed by atoms with E-state index in [0.29, 0.717) is 27.9 Å². The largest absolute Gasteiger partial charge is 0.326 e. The highest BCUT2D eigenvalue weighted by Crippen LogP contribution is 2.26. The highest BCUT2D eigenvalue weighted by Gasteiger charge is 2.05. The van der Waals surface area contributed by atoms with Gasteiger partial charge in [0.25, 0.3) is 0 Å². The number of nitrogens with one attached hydrogen (secondary N) is 1. The van der Waals surface area contributed by atoms with Crippen molar-refractivity contribution in [1.29, 1.82) is 0 Å². The smallest absolute Gasteiger partial charge is 0.225 e. The van der Waals surface area contributed by atoms with Crippen LogP contribution in [0.2, 0.25) is 10.0 Å². The highest BCUT2D eigenvalue weighted by molar-refractivity contribution is 9.10. The Morgan fingerprint density at radius 3 is 2.52 bits per heavy atom. The van der Waals surface area contributed by atoms with Crippen molar-refractivity contribution in [3.8, 4) is 0 Å². The summed E-state index contributed by atoms with van der Waals surface area (Å²) in [6, 6.07) is 12.9. The molecule has 21 heavy (non-hydrogen) atoms. The second-order valence-corrected chi connectivity index (χ2v) is 7.10. The molecule has 1 N–H and O–H groups in total. The normalized spacial score (nSPS) is 10.4. The molecule has 0 bridgehead atoms. The Balaban J connectivity index is 1.79. The fraction of sp³-hybridized carbons (Fsp3) is 0.133. The van der Waals surface area contributed by atoms with Crippen molar-refractivity contribution in [2.45, 2.75) is 11.3 Å². The molecule has 0 aliphatic carbocycles. The van der Waals surface area contributed by atoms with Gasteiger partial charge in [-0.1, -0.05) is 23.2 Å². The monoisotopic (exact) mass is 403 g/mol. The molecule has 1 amide bonds. The van der Waals surface area contributed by atoms with Crippen LogP contribution < -0.4 is 5.32 Å². The molecule has 0 atom stereocenters. The van der Waals surface area contributed by atoms with E-state index in [4.69, 9.17) is 23.2 Å². The van der Waals surface area contributed by atoms with E-state index in [0.717, 1.165) is 9.37 Å². The molecule has 0 aliphatic rings. The first kappa shape index (κ1) is 16.7. The summed E-state index contributed by atoms with van der Waals surface area (Å²) in [7, 11) is 0. The molecule has 0 heterocycles. The predicted octanol–water partition coefficient (Wildman–Crippen LogP) is 5.88. The Labute approximate surface area is 146 Å². The van der Waals surface area contributed by atoms with Crippen molar-refractivity contribution in [2.24, 2.45) is 0 Å². The third kappa shape index (κ3) is 5.55. The summed E-state index contributed by atoms with van der Waals surface area (Å²) >= 11 is 16.7. The summed E-state index contributed by atoms with van der Waals surface area (Å²) in [5.74, 6) is 0.674. The van der Waals surface area contributed by atoms with Gasteiger partial charge in [0.2, 0.25) is 5.91 Å². The first-order valence-corrected chi connectivity index (χ1v) is 8.71. The molecule has 0 unspecified atom stereocenters. The minimum absolute atomic E-state index is 0.0325. The molecule has 2 aromatic carbocycles. The lowest BCUT2D eigenvalue weighted by Gasteiger charge is -2.06. The summed E-state index contributed by atoms with van der Waals surface area (Å²) in [5, 5.41) is 4.11. The summed E-state index contributed by atoms with van der Waals surface area (Å²) in [6.45, 7) is 0. The number of rotatable bonds is 5. The number of benzene rings is 2. The van der Waals surface area contributed by atoms with Gasteiger partial charge in [-0.05, 0) is 58.4 Å². The lowest BCUT2D eigenvalue weighted by molar-refractivity contribution is -0.115. The van der Waals surface area contributed by atoms with Gasteiger partial charge in [-0.3, -0.25) is 4.79 Å². The van der Waals surface area contributed by atoms with E-state index < -0.39 is 0 Å². The number of hydrogen-bond donors (Lipinski definition) is 1. The molecule has 2 rings (SSSR count). The number of thioether (sulfide) groups is 1. The SMILES string of the molecule is O=C(CCSc1ccc(Cl)cc1)Nc1ccc(Br)c(Cl)c1. The van der Waals surface area contributed by atoms with Crippen LogP contribution in [0.25, 0.3) is 0 Å². The minimum Gasteiger partial charge on any atom is -0.326 e. The van der Waals surface area contributed by atoms with Crippen LogP contribution in [0.3, 0.4) is 0 Å². The zero-order valence-corrected chi connectivity index (χ0v) is 14.8. The van der Waals surface area contributed by atoms with Crippen LogP contribution in [0.5, 0.6) is 0 Å². The molecule has 0 saturated heterocycles. The zero-order valence-electron chi connectivity index (χ0n) is 10.9.